The third kappa shape index (κ3) is 2.72. The van der Waals surface area contributed by atoms with Gasteiger partial charge in [-0.3, -0.25) is 0 Å². The van der Waals surface area contributed by atoms with Crippen molar-refractivity contribution in [3.8, 4) is 11.4 Å². The van der Waals surface area contributed by atoms with Crippen LogP contribution in [0.4, 0.5) is 0 Å². The first kappa shape index (κ1) is 13.6. The van der Waals surface area contributed by atoms with Crippen molar-refractivity contribution >= 4 is 11.6 Å². The Hall–Kier alpha value is -1.39. The Labute approximate surface area is 123 Å². The fourth-order valence-electron chi connectivity index (χ4n) is 2.74. The molecule has 1 aliphatic rings. The molecule has 0 atom stereocenters. The molecule has 1 fully saturated rings. The molecule has 2 N–H and O–H groups in total. The maximum Gasteiger partial charge on any atom is 0.247 e. The molecule has 3 rings (SSSR count). The van der Waals surface area contributed by atoms with Gasteiger partial charge in [0.15, 0.2) is 0 Å². The third-order valence-electron chi connectivity index (χ3n) is 3.93. The van der Waals surface area contributed by atoms with E-state index in [2.05, 4.69) is 10.1 Å². The number of hydrogen-bond acceptors (Lipinski definition) is 4. The van der Waals surface area contributed by atoms with Crippen LogP contribution in [0.25, 0.3) is 11.4 Å². The summed E-state index contributed by atoms with van der Waals surface area (Å²) in [6.07, 6.45) is 6.51. The molecule has 0 spiro atoms. The number of halogens is 1. The predicted molar refractivity (Wildman–Crippen MR) is 78.3 cm³/mol. The smallest absolute Gasteiger partial charge is 0.247 e. The lowest BCUT2D eigenvalue weighted by molar-refractivity contribution is 0.257. The second-order valence-corrected chi connectivity index (χ2v) is 5.94. The van der Waals surface area contributed by atoms with Crippen LogP contribution in [0.15, 0.2) is 28.8 Å². The van der Waals surface area contributed by atoms with Gasteiger partial charge in [-0.1, -0.05) is 54.6 Å². The number of benzene rings is 1. The molecule has 1 aromatic carbocycles. The largest absolute Gasteiger partial charge is 0.337 e. The van der Waals surface area contributed by atoms with Crippen LogP contribution in [0.2, 0.25) is 5.02 Å². The van der Waals surface area contributed by atoms with E-state index in [0.717, 1.165) is 31.2 Å². The normalized spacial score (nSPS) is 18.7. The van der Waals surface area contributed by atoms with E-state index in [-0.39, 0.29) is 0 Å². The van der Waals surface area contributed by atoms with E-state index in [1.807, 2.05) is 24.3 Å². The number of hydrogen-bond donors (Lipinski definition) is 1. The van der Waals surface area contributed by atoms with Gasteiger partial charge in [0.25, 0.3) is 0 Å². The summed E-state index contributed by atoms with van der Waals surface area (Å²) in [5.74, 6) is 1.10. The van der Waals surface area contributed by atoms with E-state index >= 15 is 0 Å². The van der Waals surface area contributed by atoms with E-state index in [0.29, 0.717) is 16.7 Å². The molecular weight excluding hydrogens is 274 g/mol. The first-order valence-electron chi connectivity index (χ1n) is 7.06. The molecule has 106 valence electrons. The zero-order valence-corrected chi connectivity index (χ0v) is 12.1. The fraction of sp³-hybridized carbons (Fsp3) is 0.467. The van der Waals surface area contributed by atoms with Gasteiger partial charge in [-0.25, -0.2) is 0 Å². The van der Waals surface area contributed by atoms with Crippen molar-refractivity contribution in [2.24, 2.45) is 5.73 Å². The molecule has 2 aromatic rings. The zero-order valence-electron chi connectivity index (χ0n) is 11.3. The SMILES string of the molecule is NC1(c2nc(-c3cccc(Cl)c3)no2)CCCCCC1. The van der Waals surface area contributed by atoms with Gasteiger partial charge in [-0.05, 0) is 25.0 Å². The monoisotopic (exact) mass is 291 g/mol. The molecule has 1 saturated carbocycles. The van der Waals surface area contributed by atoms with Gasteiger partial charge >= 0.3 is 0 Å². The molecule has 1 aromatic heterocycles. The maximum absolute atomic E-state index is 6.48. The minimum absolute atomic E-state index is 0.472. The average molecular weight is 292 g/mol. The molecule has 1 heterocycles. The molecule has 0 saturated heterocycles. The molecule has 0 bridgehead atoms. The van der Waals surface area contributed by atoms with E-state index in [1.165, 1.54) is 12.8 Å². The highest BCUT2D eigenvalue weighted by Gasteiger charge is 2.34. The molecule has 4 nitrogen and oxygen atoms in total. The molecular formula is C15H18ClN3O. The quantitative estimate of drug-likeness (QED) is 0.852. The van der Waals surface area contributed by atoms with E-state index in [1.54, 1.807) is 0 Å². The Morgan fingerprint density at radius 2 is 1.90 bits per heavy atom. The van der Waals surface area contributed by atoms with Crippen molar-refractivity contribution < 1.29 is 4.52 Å². The van der Waals surface area contributed by atoms with Gasteiger partial charge in [0, 0.05) is 10.6 Å². The Kier molecular flexibility index (Phi) is 3.76. The summed E-state index contributed by atoms with van der Waals surface area (Å²) in [7, 11) is 0. The molecule has 20 heavy (non-hydrogen) atoms. The molecule has 0 aliphatic heterocycles. The van der Waals surface area contributed by atoms with Gasteiger partial charge < -0.3 is 10.3 Å². The van der Waals surface area contributed by atoms with E-state index in [9.17, 15) is 0 Å². The molecule has 0 amide bonds. The maximum atomic E-state index is 6.48. The van der Waals surface area contributed by atoms with Gasteiger partial charge in [-0.2, -0.15) is 4.98 Å². The second-order valence-electron chi connectivity index (χ2n) is 5.50. The zero-order chi connectivity index (χ0) is 14.0. The number of rotatable bonds is 2. The third-order valence-corrected chi connectivity index (χ3v) is 4.17. The van der Waals surface area contributed by atoms with Crippen LogP contribution in [0, 0.1) is 0 Å². The minimum Gasteiger partial charge on any atom is -0.337 e. The van der Waals surface area contributed by atoms with Crippen LogP contribution >= 0.6 is 11.6 Å². The van der Waals surface area contributed by atoms with Crippen molar-refractivity contribution in [3.63, 3.8) is 0 Å². The van der Waals surface area contributed by atoms with Crippen LogP contribution in [-0.2, 0) is 5.54 Å². The Balaban J connectivity index is 1.89. The Bertz CT molecular complexity index is 588. The standard InChI is InChI=1S/C15H18ClN3O/c16-12-7-5-6-11(10-12)13-18-14(20-19-13)15(17)8-3-1-2-4-9-15/h5-7,10H,1-4,8-9,17H2. The summed E-state index contributed by atoms with van der Waals surface area (Å²) in [5.41, 5.74) is 6.86. The number of nitrogens with two attached hydrogens (primary N) is 1. The second kappa shape index (κ2) is 5.54. The van der Waals surface area contributed by atoms with E-state index < -0.39 is 5.54 Å². The van der Waals surface area contributed by atoms with Crippen molar-refractivity contribution in [1.29, 1.82) is 0 Å². The Morgan fingerprint density at radius 3 is 2.60 bits per heavy atom. The van der Waals surface area contributed by atoms with Gasteiger partial charge in [-0.15, -0.1) is 0 Å². The fourth-order valence-corrected chi connectivity index (χ4v) is 2.93. The van der Waals surface area contributed by atoms with E-state index in [4.69, 9.17) is 21.9 Å². The van der Waals surface area contributed by atoms with Crippen molar-refractivity contribution in [3.05, 3.63) is 35.2 Å². The van der Waals surface area contributed by atoms with Gasteiger partial charge in [0.1, 0.15) is 0 Å². The van der Waals surface area contributed by atoms with Crippen molar-refractivity contribution in [2.45, 2.75) is 44.1 Å². The summed E-state index contributed by atoms with van der Waals surface area (Å²) in [4.78, 5) is 4.50. The van der Waals surface area contributed by atoms with Gasteiger partial charge in [0.2, 0.25) is 11.7 Å². The van der Waals surface area contributed by atoms with Crippen LogP contribution in [0.1, 0.15) is 44.4 Å². The molecule has 0 radical (unpaired) electrons. The van der Waals surface area contributed by atoms with Crippen molar-refractivity contribution in [2.75, 3.05) is 0 Å². The van der Waals surface area contributed by atoms with Crippen molar-refractivity contribution in [1.82, 2.24) is 10.1 Å². The average Bonchev–Trinajstić information content (AvgIpc) is 2.84. The molecule has 0 unspecified atom stereocenters. The highest BCUT2D eigenvalue weighted by atomic mass is 35.5. The highest BCUT2D eigenvalue weighted by Crippen LogP contribution is 2.33. The topological polar surface area (TPSA) is 64.9 Å². The summed E-state index contributed by atoms with van der Waals surface area (Å²) in [6.45, 7) is 0. The van der Waals surface area contributed by atoms with Crippen LogP contribution in [0.3, 0.4) is 0 Å². The lowest BCUT2D eigenvalue weighted by Gasteiger charge is -2.22. The van der Waals surface area contributed by atoms with Crippen LogP contribution < -0.4 is 5.73 Å². The summed E-state index contributed by atoms with van der Waals surface area (Å²) in [6, 6.07) is 7.43. The predicted octanol–water partition coefficient (Wildman–Crippen LogP) is 3.90. The van der Waals surface area contributed by atoms with Gasteiger partial charge in [0.05, 0.1) is 5.54 Å². The summed E-state index contributed by atoms with van der Waals surface area (Å²) >= 11 is 5.99. The summed E-state index contributed by atoms with van der Waals surface area (Å²) in [5, 5.41) is 4.71. The number of nitrogens with zero attached hydrogens (tertiary/aromatic N) is 2. The highest BCUT2D eigenvalue weighted by molar-refractivity contribution is 6.30. The Morgan fingerprint density at radius 1 is 1.15 bits per heavy atom. The first-order valence-corrected chi connectivity index (χ1v) is 7.44. The van der Waals surface area contributed by atoms with Crippen LogP contribution in [0.5, 0.6) is 0 Å². The lowest BCUT2D eigenvalue weighted by Crippen LogP contribution is -2.36. The molecule has 1 aliphatic carbocycles. The lowest BCUT2D eigenvalue weighted by atomic mass is 9.91. The summed E-state index contributed by atoms with van der Waals surface area (Å²) < 4.78 is 5.43. The number of aromatic nitrogens is 2. The van der Waals surface area contributed by atoms with Crippen LogP contribution in [-0.4, -0.2) is 10.1 Å². The molecule has 5 heteroatoms. The first-order chi connectivity index (χ1) is 9.67. The minimum atomic E-state index is -0.472.